The lowest BCUT2D eigenvalue weighted by atomic mass is 10.0. The number of hydrogen-bond acceptors (Lipinski definition) is 5. The summed E-state index contributed by atoms with van der Waals surface area (Å²) in [5, 5.41) is 26.9. The van der Waals surface area contributed by atoms with Gasteiger partial charge in [-0.25, -0.2) is 4.79 Å². The number of aliphatic hydroxyl groups is 2. The Bertz CT molecular complexity index is 208. The van der Waals surface area contributed by atoms with Crippen LogP contribution in [0.3, 0.4) is 0 Å². The van der Waals surface area contributed by atoms with Crippen molar-refractivity contribution in [3.63, 3.8) is 0 Å². The zero-order valence-corrected chi connectivity index (χ0v) is 6.47. The quantitative estimate of drug-likeness (QED) is 0.364. The summed E-state index contributed by atoms with van der Waals surface area (Å²) in [5.74, 6) is -1.49. The smallest absolute Gasteiger partial charge is 0.354 e. The van der Waals surface area contributed by atoms with Gasteiger partial charge in [0.1, 0.15) is 12.2 Å². The van der Waals surface area contributed by atoms with E-state index >= 15 is 0 Å². The molecule has 1 fully saturated rings. The highest BCUT2D eigenvalue weighted by Gasteiger charge is 2.55. The second-order valence-electron chi connectivity index (χ2n) is 2.86. The van der Waals surface area contributed by atoms with E-state index in [0.29, 0.717) is 0 Å². The number of aliphatic hydroxyl groups excluding tert-OH is 2. The molecule has 12 heavy (non-hydrogen) atoms. The van der Waals surface area contributed by atoms with E-state index in [9.17, 15) is 9.90 Å². The number of rotatable bonds is 1. The van der Waals surface area contributed by atoms with E-state index < -0.39 is 30.0 Å². The van der Waals surface area contributed by atoms with Crippen LogP contribution in [0.2, 0.25) is 0 Å². The predicted molar refractivity (Wildman–Crippen MR) is 37.1 cm³/mol. The number of carbonyl (C=O) groups is 1. The van der Waals surface area contributed by atoms with Crippen molar-refractivity contribution in [2.24, 2.45) is 5.73 Å². The average Bonchev–Trinajstić information content (AvgIpc) is 2.17. The molecule has 0 aromatic rings. The summed E-state index contributed by atoms with van der Waals surface area (Å²) in [6.07, 6.45) is -3.63. The molecule has 6 heteroatoms. The molecule has 0 amide bonds. The first-order chi connectivity index (χ1) is 5.39. The summed E-state index contributed by atoms with van der Waals surface area (Å²) in [4.78, 5) is 10.5. The van der Waals surface area contributed by atoms with Gasteiger partial charge in [-0.15, -0.1) is 0 Å². The van der Waals surface area contributed by atoms with Gasteiger partial charge in [-0.1, -0.05) is 0 Å². The van der Waals surface area contributed by atoms with Crippen LogP contribution in [-0.4, -0.2) is 45.3 Å². The normalized spacial score (nSPS) is 47.8. The van der Waals surface area contributed by atoms with Gasteiger partial charge in [0.25, 0.3) is 0 Å². The molecule has 4 atom stereocenters. The molecule has 1 aliphatic heterocycles. The Morgan fingerprint density at radius 3 is 2.25 bits per heavy atom. The highest BCUT2D eigenvalue weighted by molar-refractivity contribution is 5.78. The Labute approximate surface area is 68.6 Å². The Balaban J connectivity index is 2.89. The lowest BCUT2D eigenvalue weighted by Crippen LogP contribution is -2.57. The first kappa shape index (κ1) is 9.40. The summed E-state index contributed by atoms with van der Waals surface area (Å²) in [6.45, 7) is 1.44. The summed E-state index contributed by atoms with van der Waals surface area (Å²) in [6, 6.07) is 0. The number of carboxylic acids is 1. The standard InChI is InChI=1S/C6H11NO5/c1-2-3(8)4(9)6(7,12-2)5(10)11/h2-4,8-9H,7H2,1H3,(H,10,11). The van der Waals surface area contributed by atoms with E-state index in [1.54, 1.807) is 0 Å². The molecule has 5 N–H and O–H groups in total. The highest BCUT2D eigenvalue weighted by atomic mass is 16.6. The summed E-state index contributed by atoms with van der Waals surface area (Å²) < 4.78 is 4.71. The Kier molecular flexibility index (Phi) is 2.09. The van der Waals surface area contributed by atoms with Gasteiger partial charge in [0.15, 0.2) is 0 Å². The van der Waals surface area contributed by atoms with Gasteiger partial charge in [-0.05, 0) is 6.92 Å². The molecular formula is C6H11NO5. The van der Waals surface area contributed by atoms with E-state index in [1.165, 1.54) is 6.92 Å². The molecule has 1 heterocycles. The Morgan fingerprint density at radius 1 is 1.58 bits per heavy atom. The maximum absolute atomic E-state index is 10.5. The van der Waals surface area contributed by atoms with Crippen LogP contribution in [0, 0.1) is 0 Å². The van der Waals surface area contributed by atoms with Crippen molar-refractivity contribution >= 4 is 5.97 Å². The monoisotopic (exact) mass is 177 g/mol. The predicted octanol–water partition coefficient (Wildman–Crippen LogP) is -2.13. The minimum atomic E-state index is -2.18. The number of carboxylic acid groups (broad SMARTS) is 1. The fraction of sp³-hybridized carbons (Fsp3) is 0.833. The summed E-state index contributed by atoms with van der Waals surface area (Å²) in [7, 11) is 0. The number of aliphatic carboxylic acids is 1. The van der Waals surface area contributed by atoms with Crippen molar-refractivity contribution < 1.29 is 24.9 Å². The molecule has 1 aliphatic rings. The van der Waals surface area contributed by atoms with Crippen LogP contribution in [-0.2, 0) is 9.53 Å². The van der Waals surface area contributed by atoms with E-state index in [1.807, 2.05) is 0 Å². The third-order valence-corrected chi connectivity index (χ3v) is 1.96. The van der Waals surface area contributed by atoms with E-state index in [0.717, 1.165) is 0 Å². The van der Waals surface area contributed by atoms with Crippen LogP contribution < -0.4 is 5.73 Å². The SMILES string of the molecule is CC1OC(N)(C(=O)O)C(O)C1O. The van der Waals surface area contributed by atoms with Crippen LogP contribution >= 0.6 is 0 Å². The summed E-state index contributed by atoms with van der Waals surface area (Å²) in [5.41, 5.74) is 3.01. The van der Waals surface area contributed by atoms with Crippen molar-refractivity contribution in [2.45, 2.75) is 31.0 Å². The molecule has 6 nitrogen and oxygen atoms in total. The van der Waals surface area contributed by atoms with Crippen LogP contribution in [0.25, 0.3) is 0 Å². The molecule has 0 aromatic carbocycles. The Hall–Kier alpha value is -0.690. The van der Waals surface area contributed by atoms with Gasteiger partial charge in [0.2, 0.25) is 5.72 Å². The molecule has 4 unspecified atom stereocenters. The first-order valence-electron chi connectivity index (χ1n) is 3.46. The number of hydrogen-bond donors (Lipinski definition) is 4. The fourth-order valence-corrected chi connectivity index (χ4v) is 1.13. The third kappa shape index (κ3) is 1.09. The van der Waals surface area contributed by atoms with Crippen LogP contribution in [0.1, 0.15) is 6.92 Å². The molecule has 1 rings (SSSR count). The lowest BCUT2D eigenvalue weighted by Gasteiger charge is -2.21. The fourth-order valence-electron chi connectivity index (χ4n) is 1.13. The largest absolute Gasteiger partial charge is 0.478 e. The molecular weight excluding hydrogens is 166 g/mol. The van der Waals surface area contributed by atoms with E-state index in [2.05, 4.69) is 0 Å². The van der Waals surface area contributed by atoms with Gasteiger partial charge >= 0.3 is 5.97 Å². The van der Waals surface area contributed by atoms with Crippen molar-refractivity contribution in [1.82, 2.24) is 0 Å². The van der Waals surface area contributed by atoms with Crippen LogP contribution in [0.5, 0.6) is 0 Å². The lowest BCUT2D eigenvalue weighted by molar-refractivity contribution is -0.171. The molecule has 0 aromatic heterocycles. The zero-order valence-electron chi connectivity index (χ0n) is 6.47. The minimum absolute atomic E-state index is 0.777. The van der Waals surface area contributed by atoms with E-state index in [-0.39, 0.29) is 0 Å². The van der Waals surface area contributed by atoms with Gasteiger partial charge in [-0.3, -0.25) is 5.73 Å². The van der Waals surface area contributed by atoms with Crippen molar-refractivity contribution in [1.29, 1.82) is 0 Å². The molecule has 0 spiro atoms. The highest BCUT2D eigenvalue weighted by Crippen LogP contribution is 2.26. The average molecular weight is 177 g/mol. The van der Waals surface area contributed by atoms with Gasteiger partial charge < -0.3 is 20.1 Å². The van der Waals surface area contributed by atoms with Gasteiger partial charge in [0, 0.05) is 0 Å². The van der Waals surface area contributed by atoms with Crippen molar-refractivity contribution in [3.05, 3.63) is 0 Å². The molecule has 0 radical (unpaired) electrons. The molecule has 0 bridgehead atoms. The van der Waals surface area contributed by atoms with E-state index in [4.69, 9.17) is 20.7 Å². The third-order valence-electron chi connectivity index (χ3n) is 1.96. The second kappa shape index (κ2) is 2.67. The molecule has 0 saturated carbocycles. The zero-order chi connectivity index (χ0) is 9.52. The Morgan fingerprint density at radius 2 is 2.08 bits per heavy atom. The minimum Gasteiger partial charge on any atom is -0.478 e. The second-order valence-corrected chi connectivity index (χ2v) is 2.86. The van der Waals surface area contributed by atoms with Gasteiger partial charge in [0.05, 0.1) is 6.10 Å². The van der Waals surface area contributed by atoms with Crippen molar-refractivity contribution in [2.75, 3.05) is 0 Å². The van der Waals surface area contributed by atoms with Crippen LogP contribution in [0.15, 0.2) is 0 Å². The molecule has 70 valence electrons. The maximum atomic E-state index is 10.5. The number of nitrogens with two attached hydrogens (primary N) is 1. The number of ether oxygens (including phenoxy) is 1. The first-order valence-corrected chi connectivity index (χ1v) is 3.46. The van der Waals surface area contributed by atoms with Crippen molar-refractivity contribution in [3.8, 4) is 0 Å². The molecule has 1 saturated heterocycles. The van der Waals surface area contributed by atoms with Gasteiger partial charge in [-0.2, -0.15) is 0 Å². The maximum Gasteiger partial charge on any atom is 0.354 e. The summed E-state index contributed by atoms with van der Waals surface area (Å²) >= 11 is 0. The van der Waals surface area contributed by atoms with Crippen LogP contribution in [0.4, 0.5) is 0 Å². The topological polar surface area (TPSA) is 113 Å². The molecule has 0 aliphatic carbocycles.